The van der Waals surface area contributed by atoms with Crippen molar-refractivity contribution < 1.29 is 23.6 Å². The molecule has 6 heteroatoms. The first-order valence-corrected chi connectivity index (χ1v) is 7.24. The number of hydroxylamine groups is 2. The van der Waals surface area contributed by atoms with Gasteiger partial charge >= 0.3 is 5.97 Å². The van der Waals surface area contributed by atoms with Crippen LogP contribution in [0.4, 0.5) is 0 Å². The average molecular weight is 321 g/mol. The van der Waals surface area contributed by atoms with E-state index < -0.39 is 17.8 Å². The molecule has 1 aliphatic rings. The number of imide groups is 1. The van der Waals surface area contributed by atoms with Gasteiger partial charge in [-0.05, 0) is 36.8 Å². The van der Waals surface area contributed by atoms with Crippen molar-refractivity contribution in [3.8, 4) is 0 Å². The highest BCUT2D eigenvalue weighted by molar-refractivity contribution is 6.21. The molecule has 0 saturated carbocycles. The van der Waals surface area contributed by atoms with Crippen LogP contribution in [0.3, 0.4) is 0 Å². The van der Waals surface area contributed by atoms with Crippen LogP contribution >= 0.6 is 0 Å². The molecule has 0 saturated heterocycles. The average Bonchev–Trinajstić information content (AvgIpc) is 3.10. The second kappa shape index (κ2) is 5.06. The van der Waals surface area contributed by atoms with E-state index >= 15 is 0 Å². The lowest BCUT2D eigenvalue weighted by atomic mass is 10.1. The van der Waals surface area contributed by atoms with Gasteiger partial charge in [-0.15, -0.1) is 0 Å². The van der Waals surface area contributed by atoms with E-state index in [2.05, 4.69) is 0 Å². The van der Waals surface area contributed by atoms with Crippen LogP contribution in [-0.2, 0) is 4.84 Å². The number of hydrogen-bond acceptors (Lipinski definition) is 5. The van der Waals surface area contributed by atoms with E-state index in [0.29, 0.717) is 16.0 Å². The van der Waals surface area contributed by atoms with E-state index in [0.717, 1.165) is 5.56 Å². The molecule has 0 atom stereocenters. The van der Waals surface area contributed by atoms with Crippen LogP contribution in [0.2, 0.25) is 0 Å². The van der Waals surface area contributed by atoms with E-state index in [1.165, 1.54) is 18.4 Å². The Hall–Kier alpha value is -3.41. The monoisotopic (exact) mass is 321 g/mol. The summed E-state index contributed by atoms with van der Waals surface area (Å²) in [6, 6.07) is 11.7. The molecule has 1 aromatic heterocycles. The Kier molecular flexibility index (Phi) is 2.99. The number of rotatable bonds is 2. The van der Waals surface area contributed by atoms with Crippen molar-refractivity contribution in [1.82, 2.24) is 5.06 Å². The molecule has 0 aliphatic carbocycles. The summed E-state index contributed by atoms with van der Waals surface area (Å²) in [6.07, 6.45) is 1.25. The molecule has 118 valence electrons. The molecular weight excluding hydrogens is 310 g/mol. The SMILES string of the molecule is Cc1ccc2c(C(=O)ON3C(=O)c4ccccc4C3=O)coc2c1. The molecule has 4 rings (SSSR count). The van der Waals surface area contributed by atoms with Gasteiger partial charge in [0.05, 0.1) is 11.1 Å². The maximum absolute atomic E-state index is 12.4. The molecule has 0 fully saturated rings. The van der Waals surface area contributed by atoms with Crippen molar-refractivity contribution in [2.75, 3.05) is 0 Å². The molecule has 24 heavy (non-hydrogen) atoms. The van der Waals surface area contributed by atoms with Crippen molar-refractivity contribution in [2.24, 2.45) is 0 Å². The molecule has 1 aliphatic heterocycles. The van der Waals surface area contributed by atoms with Crippen LogP contribution in [0.5, 0.6) is 0 Å². The first kappa shape index (κ1) is 14.2. The first-order valence-electron chi connectivity index (χ1n) is 7.24. The quantitative estimate of drug-likeness (QED) is 0.678. The molecule has 2 amide bonds. The predicted octanol–water partition coefficient (Wildman–Crippen LogP) is 3.11. The number of fused-ring (bicyclic) bond motifs is 2. The normalized spacial score (nSPS) is 13.5. The second-order valence-electron chi connectivity index (χ2n) is 5.48. The Balaban J connectivity index is 1.65. The van der Waals surface area contributed by atoms with Crippen LogP contribution < -0.4 is 0 Å². The first-order chi connectivity index (χ1) is 11.6. The summed E-state index contributed by atoms with van der Waals surface area (Å²) in [5.41, 5.74) is 2.09. The lowest BCUT2D eigenvalue weighted by Crippen LogP contribution is -2.32. The maximum Gasteiger partial charge on any atom is 0.367 e. The molecular formula is C18H11NO5. The van der Waals surface area contributed by atoms with E-state index in [9.17, 15) is 14.4 Å². The number of amides is 2. The van der Waals surface area contributed by atoms with E-state index in [1.807, 2.05) is 13.0 Å². The Morgan fingerprint density at radius 3 is 2.38 bits per heavy atom. The maximum atomic E-state index is 12.4. The standard InChI is InChI=1S/C18H11NO5/c1-10-6-7-11-14(9-23-15(11)8-10)18(22)24-19-16(20)12-4-2-3-5-13(12)17(19)21/h2-9H,1H3. The van der Waals surface area contributed by atoms with Gasteiger partial charge in [-0.1, -0.05) is 23.3 Å². The van der Waals surface area contributed by atoms with Crippen molar-refractivity contribution in [3.05, 3.63) is 71.0 Å². The summed E-state index contributed by atoms with van der Waals surface area (Å²) in [5, 5.41) is 1.04. The van der Waals surface area contributed by atoms with Crippen molar-refractivity contribution >= 4 is 28.8 Å². The minimum absolute atomic E-state index is 0.154. The zero-order chi connectivity index (χ0) is 16.8. The Morgan fingerprint density at radius 2 is 1.71 bits per heavy atom. The van der Waals surface area contributed by atoms with Gasteiger partial charge in [0.1, 0.15) is 17.4 Å². The van der Waals surface area contributed by atoms with E-state index in [-0.39, 0.29) is 16.7 Å². The van der Waals surface area contributed by atoms with Crippen molar-refractivity contribution in [2.45, 2.75) is 6.92 Å². The number of benzene rings is 2. The largest absolute Gasteiger partial charge is 0.463 e. The molecule has 2 heterocycles. The fraction of sp³-hybridized carbons (Fsp3) is 0.0556. The third-order valence-electron chi connectivity index (χ3n) is 3.88. The summed E-state index contributed by atoms with van der Waals surface area (Å²) in [5.74, 6) is -2.15. The second-order valence-corrected chi connectivity index (χ2v) is 5.48. The van der Waals surface area contributed by atoms with Gasteiger partial charge in [-0.3, -0.25) is 9.59 Å². The highest BCUT2D eigenvalue weighted by Gasteiger charge is 2.39. The van der Waals surface area contributed by atoms with Gasteiger partial charge < -0.3 is 9.25 Å². The number of aryl methyl sites for hydroxylation is 1. The van der Waals surface area contributed by atoms with E-state index in [1.54, 1.807) is 24.3 Å². The van der Waals surface area contributed by atoms with Gasteiger partial charge in [0.25, 0.3) is 11.8 Å². The van der Waals surface area contributed by atoms with E-state index in [4.69, 9.17) is 9.25 Å². The number of hydrogen-bond donors (Lipinski definition) is 0. The summed E-state index contributed by atoms with van der Waals surface area (Å²) < 4.78 is 5.34. The fourth-order valence-electron chi connectivity index (χ4n) is 2.68. The summed E-state index contributed by atoms with van der Waals surface area (Å²) >= 11 is 0. The zero-order valence-corrected chi connectivity index (χ0v) is 12.6. The molecule has 6 nitrogen and oxygen atoms in total. The predicted molar refractivity (Wildman–Crippen MR) is 83.3 cm³/mol. The lowest BCUT2D eigenvalue weighted by Gasteiger charge is -2.11. The van der Waals surface area contributed by atoms with Gasteiger partial charge in [0.2, 0.25) is 0 Å². The van der Waals surface area contributed by atoms with Crippen molar-refractivity contribution in [1.29, 1.82) is 0 Å². The summed E-state index contributed by atoms with van der Waals surface area (Å²) in [4.78, 5) is 41.9. The molecule has 0 spiro atoms. The highest BCUT2D eigenvalue weighted by atomic mass is 16.7. The Morgan fingerprint density at radius 1 is 1.04 bits per heavy atom. The molecule has 0 unspecified atom stereocenters. The van der Waals surface area contributed by atoms with Gasteiger partial charge in [0.15, 0.2) is 0 Å². The van der Waals surface area contributed by atoms with Crippen LogP contribution in [-0.4, -0.2) is 22.8 Å². The Bertz CT molecular complexity index is 982. The van der Waals surface area contributed by atoms with Crippen molar-refractivity contribution in [3.63, 3.8) is 0 Å². The summed E-state index contributed by atoms with van der Waals surface area (Å²) in [7, 11) is 0. The molecule has 3 aromatic rings. The summed E-state index contributed by atoms with van der Waals surface area (Å²) in [6.45, 7) is 1.90. The molecule has 0 bridgehead atoms. The number of furan rings is 1. The number of nitrogens with zero attached hydrogens (tertiary/aromatic N) is 1. The third kappa shape index (κ3) is 2.00. The highest BCUT2D eigenvalue weighted by Crippen LogP contribution is 2.26. The third-order valence-corrected chi connectivity index (χ3v) is 3.88. The number of carbonyl (C=O) groups is 3. The number of carbonyl (C=O) groups excluding carboxylic acids is 3. The minimum atomic E-state index is -0.827. The van der Waals surface area contributed by atoms with Crippen LogP contribution in [0, 0.1) is 6.92 Å². The zero-order valence-electron chi connectivity index (χ0n) is 12.6. The smallest absolute Gasteiger partial charge is 0.367 e. The van der Waals surface area contributed by atoms with Crippen LogP contribution in [0.25, 0.3) is 11.0 Å². The minimum Gasteiger partial charge on any atom is -0.463 e. The Labute approximate surface area is 136 Å². The van der Waals surface area contributed by atoms with Crippen LogP contribution in [0.1, 0.15) is 36.6 Å². The fourth-order valence-corrected chi connectivity index (χ4v) is 2.68. The molecule has 0 N–H and O–H groups in total. The molecule has 0 radical (unpaired) electrons. The van der Waals surface area contributed by atoms with Gasteiger partial charge in [-0.2, -0.15) is 0 Å². The molecule has 2 aromatic carbocycles. The van der Waals surface area contributed by atoms with Crippen LogP contribution in [0.15, 0.2) is 53.1 Å². The topological polar surface area (TPSA) is 76.8 Å². The van der Waals surface area contributed by atoms with Gasteiger partial charge in [0, 0.05) is 5.39 Å². The lowest BCUT2D eigenvalue weighted by molar-refractivity contribution is -0.0583. The van der Waals surface area contributed by atoms with Gasteiger partial charge in [-0.25, -0.2) is 4.79 Å².